The second-order valence-electron chi connectivity index (χ2n) is 2.34. The van der Waals surface area contributed by atoms with Crippen LogP contribution in [0.3, 0.4) is 0 Å². The predicted octanol–water partition coefficient (Wildman–Crippen LogP) is -0.535. The summed E-state index contributed by atoms with van der Waals surface area (Å²) in [6.07, 6.45) is 0.770. The third kappa shape index (κ3) is 6.19. The summed E-state index contributed by atoms with van der Waals surface area (Å²) in [6.45, 7) is 1.89. The Balaban J connectivity index is 3.22. The van der Waals surface area contributed by atoms with Crippen LogP contribution in [0.2, 0.25) is 0 Å². The molecule has 0 radical (unpaired) electrons. The Morgan fingerprint density at radius 2 is 2.20 bits per heavy atom. The second-order valence-corrected chi connectivity index (χ2v) is 4.03. The van der Waals surface area contributed by atoms with Gasteiger partial charge in [-0.2, -0.15) is 0 Å². The lowest BCUT2D eigenvalue weighted by Crippen LogP contribution is -2.19. The number of aliphatic hydroxyl groups is 1. The topological polar surface area (TPSA) is 63.3 Å². The molecule has 3 nitrogen and oxygen atoms in total. The van der Waals surface area contributed by atoms with Gasteiger partial charge in [-0.25, -0.2) is 0 Å². The molecule has 10 heavy (non-hydrogen) atoms. The average molecular weight is 165 g/mol. The Hall–Kier alpha value is 0.0700. The van der Waals surface area contributed by atoms with Gasteiger partial charge in [0.1, 0.15) is 0 Å². The quantitative estimate of drug-likeness (QED) is 0.575. The van der Waals surface area contributed by atoms with Gasteiger partial charge < -0.3 is 10.8 Å². The molecule has 0 aliphatic carbocycles. The van der Waals surface area contributed by atoms with Crippen molar-refractivity contribution in [2.45, 2.75) is 19.4 Å². The molecule has 0 heterocycles. The van der Waals surface area contributed by atoms with Gasteiger partial charge >= 0.3 is 0 Å². The molecule has 4 heteroatoms. The lowest BCUT2D eigenvalue weighted by Gasteiger charge is -2.02. The normalized spacial score (nSPS) is 16.7. The molecule has 0 amide bonds. The molecule has 62 valence electrons. The third-order valence-corrected chi connectivity index (χ3v) is 2.45. The first-order valence-corrected chi connectivity index (χ1v) is 4.87. The highest BCUT2D eigenvalue weighted by Crippen LogP contribution is 1.90. The van der Waals surface area contributed by atoms with Crippen molar-refractivity contribution in [3.05, 3.63) is 0 Å². The van der Waals surface area contributed by atoms with Crippen LogP contribution < -0.4 is 5.73 Å². The van der Waals surface area contributed by atoms with Gasteiger partial charge in [0.05, 0.1) is 6.61 Å². The highest BCUT2D eigenvalue weighted by molar-refractivity contribution is 7.84. The largest absolute Gasteiger partial charge is 0.395 e. The number of aliphatic hydroxyl groups excluding tert-OH is 1. The van der Waals surface area contributed by atoms with Crippen LogP contribution >= 0.6 is 0 Å². The Labute approximate surface area is 64.1 Å². The highest BCUT2D eigenvalue weighted by Gasteiger charge is 1.99. The maximum absolute atomic E-state index is 10.8. The molecule has 0 aliphatic heterocycles. The minimum absolute atomic E-state index is 0.00552. The van der Waals surface area contributed by atoms with Gasteiger partial charge in [0.25, 0.3) is 0 Å². The van der Waals surface area contributed by atoms with Gasteiger partial charge in [0, 0.05) is 28.3 Å². The van der Waals surface area contributed by atoms with E-state index in [0.29, 0.717) is 11.5 Å². The summed E-state index contributed by atoms with van der Waals surface area (Å²) >= 11 is 0. The molecule has 0 aromatic carbocycles. The van der Waals surface area contributed by atoms with E-state index in [0.717, 1.165) is 6.42 Å². The van der Waals surface area contributed by atoms with E-state index in [1.807, 2.05) is 6.92 Å². The minimum Gasteiger partial charge on any atom is -0.395 e. The van der Waals surface area contributed by atoms with Crippen molar-refractivity contribution in [2.24, 2.45) is 5.73 Å². The van der Waals surface area contributed by atoms with Crippen LogP contribution in [0.4, 0.5) is 0 Å². The summed E-state index contributed by atoms with van der Waals surface area (Å²) in [4.78, 5) is 0. The van der Waals surface area contributed by atoms with Gasteiger partial charge in [0.15, 0.2) is 0 Å². The molecule has 2 unspecified atom stereocenters. The Morgan fingerprint density at radius 1 is 1.60 bits per heavy atom. The van der Waals surface area contributed by atoms with E-state index in [-0.39, 0.29) is 12.6 Å². The maximum Gasteiger partial charge on any atom is 0.0546 e. The summed E-state index contributed by atoms with van der Waals surface area (Å²) < 4.78 is 10.8. The standard InChI is InChI=1S/C6H15NO2S/c1-6(7)2-4-10(9)5-3-8/h6,8H,2-5,7H2,1H3. The van der Waals surface area contributed by atoms with Crippen LogP contribution in [-0.4, -0.2) is 33.5 Å². The van der Waals surface area contributed by atoms with Crippen molar-refractivity contribution in [2.75, 3.05) is 18.1 Å². The van der Waals surface area contributed by atoms with E-state index in [2.05, 4.69) is 0 Å². The monoisotopic (exact) mass is 165 g/mol. The van der Waals surface area contributed by atoms with Gasteiger partial charge in [-0.05, 0) is 13.3 Å². The van der Waals surface area contributed by atoms with E-state index in [1.54, 1.807) is 0 Å². The zero-order chi connectivity index (χ0) is 7.98. The number of rotatable bonds is 5. The first-order valence-electron chi connectivity index (χ1n) is 3.38. The molecule has 0 aromatic rings. The van der Waals surface area contributed by atoms with Gasteiger partial charge in [-0.3, -0.25) is 4.21 Å². The molecule has 0 saturated heterocycles. The van der Waals surface area contributed by atoms with Crippen molar-refractivity contribution < 1.29 is 9.32 Å². The molecule has 0 rings (SSSR count). The minimum atomic E-state index is -0.871. The van der Waals surface area contributed by atoms with Crippen molar-refractivity contribution in [3.63, 3.8) is 0 Å². The average Bonchev–Trinajstić information content (AvgIpc) is 1.85. The van der Waals surface area contributed by atoms with E-state index in [9.17, 15) is 4.21 Å². The summed E-state index contributed by atoms with van der Waals surface area (Å²) in [7, 11) is -0.871. The van der Waals surface area contributed by atoms with Crippen molar-refractivity contribution >= 4 is 10.8 Å². The lowest BCUT2D eigenvalue weighted by atomic mass is 10.3. The van der Waals surface area contributed by atoms with E-state index >= 15 is 0 Å². The Kier molecular flexibility index (Phi) is 5.87. The highest BCUT2D eigenvalue weighted by atomic mass is 32.2. The summed E-state index contributed by atoms with van der Waals surface area (Å²) in [6, 6.07) is 0.114. The first kappa shape index (κ1) is 10.1. The Bertz CT molecular complexity index is 106. The SMILES string of the molecule is CC(N)CCS(=O)CCO. The fraction of sp³-hybridized carbons (Fsp3) is 1.00. The fourth-order valence-corrected chi connectivity index (χ4v) is 1.56. The molecule has 0 aromatic heterocycles. The van der Waals surface area contributed by atoms with Crippen molar-refractivity contribution in [1.29, 1.82) is 0 Å². The zero-order valence-corrected chi connectivity index (χ0v) is 7.06. The second kappa shape index (κ2) is 5.82. The van der Waals surface area contributed by atoms with Gasteiger partial charge in [-0.1, -0.05) is 0 Å². The smallest absolute Gasteiger partial charge is 0.0546 e. The fourth-order valence-electron chi connectivity index (χ4n) is 0.521. The van der Waals surface area contributed by atoms with E-state index in [1.165, 1.54) is 0 Å². The third-order valence-electron chi connectivity index (χ3n) is 1.12. The zero-order valence-electron chi connectivity index (χ0n) is 6.25. The van der Waals surface area contributed by atoms with Crippen LogP contribution in [0.5, 0.6) is 0 Å². The summed E-state index contributed by atoms with van der Waals surface area (Å²) in [5.41, 5.74) is 5.44. The molecule has 0 bridgehead atoms. The van der Waals surface area contributed by atoms with Crippen LogP contribution in [0, 0.1) is 0 Å². The van der Waals surface area contributed by atoms with Crippen LogP contribution in [0.1, 0.15) is 13.3 Å². The van der Waals surface area contributed by atoms with Crippen LogP contribution in [0.15, 0.2) is 0 Å². The molecule has 2 atom stereocenters. The van der Waals surface area contributed by atoms with E-state index < -0.39 is 10.8 Å². The number of nitrogens with two attached hydrogens (primary N) is 1. The predicted molar refractivity (Wildman–Crippen MR) is 43.2 cm³/mol. The van der Waals surface area contributed by atoms with Crippen molar-refractivity contribution in [3.8, 4) is 0 Å². The van der Waals surface area contributed by atoms with Crippen LogP contribution in [-0.2, 0) is 10.8 Å². The number of hydrogen-bond donors (Lipinski definition) is 2. The molecule has 0 saturated carbocycles. The molecule has 3 N–H and O–H groups in total. The van der Waals surface area contributed by atoms with Gasteiger partial charge in [-0.15, -0.1) is 0 Å². The van der Waals surface area contributed by atoms with Gasteiger partial charge in [0.2, 0.25) is 0 Å². The van der Waals surface area contributed by atoms with Crippen molar-refractivity contribution in [1.82, 2.24) is 0 Å². The lowest BCUT2D eigenvalue weighted by molar-refractivity contribution is 0.321. The number of hydrogen-bond acceptors (Lipinski definition) is 3. The summed E-state index contributed by atoms with van der Waals surface area (Å²) in [5.74, 6) is 0.991. The maximum atomic E-state index is 10.8. The Morgan fingerprint density at radius 3 is 2.60 bits per heavy atom. The first-order chi connectivity index (χ1) is 4.66. The van der Waals surface area contributed by atoms with Crippen LogP contribution in [0.25, 0.3) is 0 Å². The molecule has 0 aliphatic rings. The molecular weight excluding hydrogens is 150 g/mol. The molecule has 0 fully saturated rings. The summed E-state index contributed by atoms with van der Waals surface area (Å²) in [5, 5.41) is 8.38. The molecular formula is C6H15NO2S. The van der Waals surface area contributed by atoms with E-state index in [4.69, 9.17) is 10.8 Å². The molecule has 0 spiro atoms.